The van der Waals surface area contributed by atoms with E-state index in [1.165, 1.54) is 19.3 Å². The summed E-state index contributed by atoms with van der Waals surface area (Å²) in [7, 11) is 0. The van der Waals surface area contributed by atoms with Crippen molar-refractivity contribution in [2.45, 2.75) is 57.3 Å². The number of fused-ring (bicyclic) bond motifs is 2. The molecule has 2 aliphatic carbocycles. The van der Waals surface area contributed by atoms with Crippen LogP contribution in [-0.2, 0) is 19.0 Å². The Balaban J connectivity index is 1.21. The second kappa shape index (κ2) is 6.68. The Morgan fingerprint density at radius 2 is 2.11 bits per heavy atom. The molecule has 0 aromatic heterocycles. The van der Waals surface area contributed by atoms with Crippen LogP contribution in [0.15, 0.2) is 0 Å². The molecule has 0 aromatic rings. The predicted molar refractivity (Wildman–Crippen MR) is 98.2 cm³/mol. The van der Waals surface area contributed by atoms with Crippen LogP contribution in [-0.4, -0.2) is 69.7 Å². The third-order valence-electron chi connectivity index (χ3n) is 8.52. The second-order valence-corrected chi connectivity index (χ2v) is 9.97. The van der Waals surface area contributed by atoms with E-state index in [0.717, 1.165) is 52.4 Å². The van der Waals surface area contributed by atoms with Crippen molar-refractivity contribution < 1.29 is 29.2 Å². The van der Waals surface area contributed by atoms with Crippen molar-refractivity contribution in [3.8, 4) is 0 Å². The van der Waals surface area contributed by atoms with Crippen LogP contribution >= 0.6 is 0 Å². The van der Waals surface area contributed by atoms with E-state index in [0.29, 0.717) is 5.92 Å². The van der Waals surface area contributed by atoms with E-state index in [2.05, 4.69) is 19.2 Å². The Kier molecular flexibility index (Phi) is 4.54. The van der Waals surface area contributed by atoms with Crippen LogP contribution < -0.4 is 10.2 Å². The molecule has 5 rings (SSSR count). The molecule has 3 N–H and O–H groups in total. The number of quaternary nitrogens is 2. The first-order valence-electron chi connectivity index (χ1n) is 11.2. The van der Waals surface area contributed by atoms with Crippen molar-refractivity contribution in [2.24, 2.45) is 23.2 Å². The van der Waals surface area contributed by atoms with Crippen molar-refractivity contribution in [3.63, 3.8) is 0 Å². The fourth-order valence-corrected chi connectivity index (χ4v) is 7.01. The quantitative estimate of drug-likeness (QED) is 0.364. The normalized spacial score (nSPS) is 49.1. The molecule has 3 aliphatic heterocycles. The van der Waals surface area contributed by atoms with Crippen LogP contribution in [0.2, 0.25) is 0 Å². The van der Waals surface area contributed by atoms with Gasteiger partial charge in [0.2, 0.25) is 0 Å². The van der Waals surface area contributed by atoms with Crippen LogP contribution in [0.4, 0.5) is 0 Å². The third-order valence-corrected chi connectivity index (χ3v) is 8.52. The number of carbonyl (C=O) groups is 1. The minimum atomic E-state index is 0.0118. The molecule has 7 atom stereocenters. The maximum atomic E-state index is 12.7. The predicted octanol–water partition coefficient (Wildman–Crippen LogP) is -1.01. The summed E-state index contributed by atoms with van der Waals surface area (Å²) in [4.78, 5) is 14.3. The van der Waals surface area contributed by atoms with Crippen molar-refractivity contribution in [1.29, 1.82) is 0 Å². The molecule has 2 saturated carbocycles. The number of rotatable bonds is 5. The van der Waals surface area contributed by atoms with E-state index in [1.54, 1.807) is 4.90 Å². The first-order valence-corrected chi connectivity index (χ1v) is 11.2. The maximum Gasteiger partial charge on any atom is 0.315 e. The molecule has 0 aromatic carbocycles. The number of hydrogen-bond donors (Lipinski definition) is 2. The van der Waals surface area contributed by atoms with Crippen molar-refractivity contribution in [2.75, 3.05) is 45.9 Å². The van der Waals surface area contributed by atoms with Crippen LogP contribution in [0.3, 0.4) is 0 Å². The average Bonchev–Trinajstić information content (AvgIpc) is 3.34. The van der Waals surface area contributed by atoms with Gasteiger partial charge in [0.1, 0.15) is 43.8 Å². The van der Waals surface area contributed by atoms with E-state index in [-0.39, 0.29) is 41.0 Å². The monoisotopic (exact) mass is 380 g/mol. The molecule has 3 saturated heterocycles. The number of ether oxygens (including phenoxy) is 3. The number of morpholine rings is 1. The van der Waals surface area contributed by atoms with Crippen LogP contribution in [0.1, 0.15) is 39.5 Å². The highest BCUT2D eigenvalue weighted by molar-refractivity contribution is 5.76. The number of nitrogens with two attached hydrogens (primary N) is 1. The third kappa shape index (κ3) is 2.78. The van der Waals surface area contributed by atoms with Crippen LogP contribution in [0, 0.1) is 23.2 Å². The summed E-state index contributed by atoms with van der Waals surface area (Å²) in [5.41, 5.74) is 0.214. The van der Waals surface area contributed by atoms with Gasteiger partial charge in [-0.1, -0.05) is 20.3 Å². The van der Waals surface area contributed by atoms with E-state index < -0.39 is 0 Å². The molecule has 27 heavy (non-hydrogen) atoms. The van der Waals surface area contributed by atoms with Crippen molar-refractivity contribution in [1.82, 2.24) is 0 Å². The summed E-state index contributed by atoms with van der Waals surface area (Å²) in [5, 5.41) is 2.34. The topological polar surface area (TPSA) is 69.1 Å². The molecule has 0 bridgehead atoms. The summed E-state index contributed by atoms with van der Waals surface area (Å²) in [6.07, 6.45) is 5.08. The van der Waals surface area contributed by atoms with Gasteiger partial charge in [0, 0.05) is 11.3 Å². The van der Waals surface area contributed by atoms with E-state index in [9.17, 15) is 4.79 Å². The van der Waals surface area contributed by atoms with Gasteiger partial charge in [-0.15, -0.1) is 0 Å². The summed E-state index contributed by atoms with van der Waals surface area (Å²) in [6, 6.07) is 0. The van der Waals surface area contributed by atoms with E-state index in [4.69, 9.17) is 14.2 Å². The van der Waals surface area contributed by atoms with Gasteiger partial charge in [-0.25, -0.2) is 0 Å². The van der Waals surface area contributed by atoms with E-state index in [1.807, 2.05) is 0 Å². The second-order valence-electron chi connectivity index (χ2n) is 9.97. The molecular weight excluding hydrogens is 344 g/mol. The zero-order valence-corrected chi connectivity index (χ0v) is 16.9. The number of esters is 1. The van der Waals surface area contributed by atoms with Crippen molar-refractivity contribution in [3.05, 3.63) is 0 Å². The lowest BCUT2D eigenvalue weighted by atomic mass is 9.53. The first-order chi connectivity index (χ1) is 13.1. The minimum absolute atomic E-state index is 0.0118. The Hall–Kier alpha value is -0.690. The highest BCUT2D eigenvalue weighted by Gasteiger charge is 2.78. The molecule has 6 nitrogen and oxygen atoms in total. The van der Waals surface area contributed by atoms with Crippen LogP contribution in [0.5, 0.6) is 0 Å². The fourth-order valence-electron chi connectivity index (χ4n) is 7.01. The summed E-state index contributed by atoms with van der Waals surface area (Å²) in [5.74, 6) is 0.920. The summed E-state index contributed by atoms with van der Waals surface area (Å²) in [6.45, 7) is 11.8. The van der Waals surface area contributed by atoms with Gasteiger partial charge in [0.15, 0.2) is 0 Å². The summed E-state index contributed by atoms with van der Waals surface area (Å²) >= 11 is 0. The van der Waals surface area contributed by atoms with Crippen LogP contribution in [0.25, 0.3) is 0 Å². The lowest BCUT2D eigenvalue weighted by Gasteiger charge is -2.48. The maximum absolute atomic E-state index is 12.7. The molecule has 0 unspecified atom stereocenters. The molecule has 0 radical (unpaired) electrons. The minimum Gasteiger partial charge on any atom is -0.462 e. The van der Waals surface area contributed by atoms with E-state index >= 15 is 0 Å². The number of carbonyl (C=O) groups excluding carboxylic acids is 1. The fraction of sp³-hybridized carbons (Fsp3) is 0.952. The standard InChI is InChI=1S/C21H34N2O4/c1-14-4-3-5-20(2)12-16-17(18-21(14,20)27-18)15(19(24)26-16)13-22-6-7-23-8-10-25-11-9-23/h14-18,22H,3-13H2,1-2H3/p+2/t14-,15+,16-,17-,18+,20-,21+/m1/s1. The zero-order chi connectivity index (χ0) is 18.6. The van der Waals surface area contributed by atoms with Crippen molar-refractivity contribution >= 4 is 5.97 Å². The van der Waals surface area contributed by atoms with Gasteiger partial charge < -0.3 is 24.4 Å². The lowest BCUT2D eigenvalue weighted by Crippen LogP contribution is -3.16. The zero-order valence-electron chi connectivity index (χ0n) is 16.9. The van der Waals surface area contributed by atoms with Gasteiger partial charge in [0.05, 0.1) is 25.9 Å². The summed E-state index contributed by atoms with van der Waals surface area (Å²) < 4.78 is 17.9. The Morgan fingerprint density at radius 1 is 1.30 bits per heavy atom. The highest BCUT2D eigenvalue weighted by atomic mass is 16.6. The van der Waals surface area contributed by atoms with Gasteiger partial charge in [-0.05, 0) is 25.2 Å². The average molecular weight is 381 g/mol. The Bertz CT molecular complexity index is 595. The number of hydrogen-bond acceptors (Lipinski definition) is 4. The lowest BCUT2D eigenvalue weighted by molar-refractivity contribution is -0.919. The Labute approximate surface area is 162 Å². The number of epoxide rings is 1. The Morgan fingerprint density at radius 3 is 2.93 bits per heavy atom. The van der Waals surface area contributed by atoms with Gasteiger partial charge in [0.25, 0.3) is 0 Å². The largest absolute Gasteiger partial charge is 0.462 e. The van der Waals surface area contributed by atoms with Gasteiger partial charge in [-0.2, -0.15) is 0 Å². The smallest absolute Gasteiger partial charge is 0.315 e. The molecule has 5 fully saturated rings. The molecule has 1 spiro atoms. The SMILES string of the molecule is C[C@@H]1CCC[C@]2(C)C[C@H]3OC(=O)[C@@H](C[NH2+]CC[NH+]4CCOCC4)[C@H]3[C@@H]3O[C@@]132. The molecule has 0 amide bonds. The van der Waals surface area contributed by atoms with Gasteiger partial charge >= 0.3 is 5.97 Å². The molecule has 5 aliphatic rings. The van der Waals surface area contributed by atoms with Gasteiger partial charge in [-0.3, -0.25) is 4.79 Å². The highest BCUT2D eigenvalue weighted by Crippen LogP contribution is 2.70. The molecular formula is C21H36N2O4+2. The molecule has 3 heterocycles. The first kappa shape index (κ1) is 18.3. The number of nitrogens with one attached hydrogen (secondary N) is 1. The molecule has 6 heteroatoms. The molecule has 152 valence electrons.